The molecule has 0 spiro atoms. The predicted octanol–water partition coefficient (Wildman–Crippen LogP) is 5.76. The number of halogens is 1. The molecule has 0 N–H and O–H groups in total. The van der Waals surface area contributed by atoms with Crippen LogP contribution in [0.2, 0.25) is 5.02 Å². The van der Waals surface area contributed by atoms with E-state index >= 15 is 0 Å². The second-order valence-corrected chi connectivity index (χ2v) is 8.47. The lowest BCUT2D eigenvalue weighted by molar-refractivity contribution is -0.113. The fourth-order valence-electron chi connectivity index (χ4n) is 2.75. The average Bonchev–Trinajstić information content (AvgIpc) is 3.38. The minimum absolute atomic E-state index is 0.0169. The van der Waals surface area contributed by atoms with Crippen molar-refractivity contribution < 1.29 is 9.59 Å². The van der Waals surface area contributed by atoms with Gasteiger partial charge in [0.15, 0.2) is 11.0 Å². The van der Waals surface area contributed by atoms with Crippen LogP contribution in [-0.4, -0.2) is 22.6 Å². The van der Waals surface area contributed by atoms with Crippen LogP contribution in [0.1, 0.15) is 15.2 Å². The van der Waals surface area contributed by atoms with Crippen LogP contribution in [0.5, 0.6) is 0 Å². The van der Waals surface area contributed by atoms with Gasteiger partial charge >= 0.3 is 0 Å². The van der Waals surface area contributed by atoms with Gasteiger partial charge in [0.1, 0.15) is 5.70 Å². The van der Waals surface area contributed by atoms with Crippen molar-refractivity contribution in [2.45, 2.75) is 0 Å². The van der Waals surface area contributed by atoms with Crippen LogP contribution in [0.15, 0.2) is 82.8 Å². The topological polar surface area (TPSA) is 49.7 Å². The summed E-state index contributed by atoms with van der Waals surface area (Å²) in [5, 5.41) is 2.99. The SMILES string of the molecule is O=C(CSC1=N/C(=C/c2ccc(Cl)cc2)C(=O)N1c1ccccc1)c1cccs1. The molecule has 144 valence electrons. The molecule has 0 aliphatic carbocycles. The zero-order valence-corrected chi connectivity index (χ0v) is 17.5. The highest BCUT2D eigenvalue weighted by Crippen LogP contribution is 2.30. The number of aliphatic imine (C=N–C) groups is 1. The molecule has 0 fully saturated rings. The van der Waals surface area contributed by atoms with Crippen LogP contribution in [-0.2, 0) is 4.79 Å². The van der Waals surface area contributed by atoms with Crippen molar-refractivity contribution >= 4 is 63.3 Å². The normalized spacial score (nSPS) is 15.1. The van der Waals surface area contributed by atoms with E-state index in [9.17, 15) is 9.59 Å². The molecule has 3 aromatic rings. The summed E-state index contributed by atoms with van der Waals surface area (Å²) in [4.78, 5) is 32.3. The van der Waals surface area contributed by atoms with Crippen molar-refractivity contribution in [3.63, 3.8) is 0 Å². The number of thiophene rings is 1. The summed E-state index contributed by atoms with van der Waals surface area (Å²) in [6.07, 6.45) is 1.73. The van der Waals surface area contributed by atoms with E-state index in [-0.39, 0.29) is 17.4 Å². The largest absolute Gasteiger partial charge is 0.292 e. The molecule has 0 bridgehead atoms. The summed E-state index contributed by atoms with van der Waals surface area (Å²) in [5.41, 5.74) is 1.87. The van der Waals surface area contributed by atoms with Gasteiger partial charge in [-0.2, -0.15) is 0 Å². The Morgan fingerprint density at radius 2 is 1.83 bits per heavy atom. The Balaban J connectivity index is 1.63. The van der Waals surface area contributed by atoms with Crippen molar-refractivity contribution in [1.82, 2.24) is 0 Å². The van der Waals surface area contributed by atoms with Gasteiger partial charge in [0.2, 0.25) is 0 Å². The highest BCUT2D eigenvalue weighted by Gasteiger charge is 2.32. The molecule has 0 unspecified atom stereocenters. The van der Waals surface area contributed by atoms with Gasteiger partial charge in [0.05, 0.1) is 16.3 Å². The lowest BCUT2D eigenvalue weighted by Crippen LogP contribution is -2.30. The Morgan fingerprint density at radius 3 is 2.52 bits per heavy atom. The van der Waals surface area contributed by atoms with E-state index in [1.807, 2.05) is 53.9 Å². The Kier molecular flexibility index (Phi) is 5.94. The molecule has 2 aromatic carbocycles. The van der Waals surface area contributed by atoms with Crippen molar-refractivity contribution in [3.05, 3.63) is 93.3 Å². The maximum atomic E-state index is 13.1. The summed E-state index contributed by atoms with van der Waals surface area (Å²) in [6, 6.07) is 20.2. The summed E-state index contributed by atoms with van der Waals surface area (Å²) >= 11 is 8.61. The van der Waals surface area contributed by atoms with Gasteiger partial charge in [0, 0.05) is 5.02 Å². The van der Waals surface area contributed by atoms with Crippen LogP contribution < -0.4 is 4.90 Å². The number of amidine groups is 1. The highest BCUT2D eigenvalue weighted by atomic mass is 35.5. The van der Waals surface area contributed by atoms with Crippen LogP contribution in [0.4, 0.5) is 5.69 Å². The zero-order valence-electron chi connectivity index (χ0n) is 15.1. The smallest absolute Gasteiger partial charge is 0.283 e. The minimum atomic E-state index is -0.225. The number of carbonyl (C=O) groups excluding carboxylic acids is 2. The predicted molar refractivity (Wildman–Crippen MR) is 122 cm³/mol. The highest BCUT2D eigenvalue weighted by molar-refractivity contribution is 8.14. The summed E-state index contributed by atoms with van der Waals surface area (Å²) < 4.78 is 0. The van der Waals surface area contributed by atoms with Crippen molar-refractivity contribution in [3.8, 4) is 0 Å². The van der Waals surface area contributed by atoms with Gasteiger partial charge in [-0.15, -0.1) is 11.3 Å². The Hall–Kier alpha value is -2.67. The maximum absolute atomic E-state index is 13.1. The molecule has 29 heavy (non-hydrogen) atoms. The lowest BCUT2D eigenvalue weighted by Gasteiger charge is -2.17. The summed E-state index contributed by atoms with van der Waals surface area (Å²) in [5.74, 6) is 0.00463. The monoisotopic (exact) mass is 438 g/mol. The number of carbonyl (C=O) groups is 2. The molecule has 1 amide bonds. The quantitative estimate of drug-likeness (QED) is 0.375. The molecule has 0 atom stereocenters. The lowest BCUT2D eigenvalue weighted by atomic mass is 10.2. The Labute approximate surface area is 181 Å². The number of hydrogen-bond acceptors (Lipinski definition) is 5. The van der Waals surface area contributed by atoms with E-state index in [4.69, 9.17) is 11.6 Å². The molecular weight excluding hydrogens is 424 g/mol. The number of ketones is 1. The van der Waals surface area contributed by atoms with Gasteiger partial charge in [-0.05, 0) is 47.4 Å². The fourth-order valence-corrected chi connectivity index (χ4v) is 4.53. The number of Topliss-reactive ketones (excluding diaryl/α,β-unsaturated/α-hetero) is 1. The molecule has 1 aliphatic heterocycles. The first kappa shape index (κ1) is 19.6. The van der Waals surface area contributed by atoms with E-state index in [1.165, 1.54) is 23.1 Å². The maximum Gasteiger partial charge on any atom is 0.283 e. The third-order valence-electron chi connectivity index (χ3n) is 4.15. The molecule has 0 saturated heterocycles. The molecule has 1 aromatic heterocycles. The van der Waals surface area contributed by atoms with Crippen LogP contribution in [0, 0.1) is 0 Å². The number of rotatable bonds is 5. The van der Waals surface area contributed by atoms with E-state index in [1.54, 1.807) is 29.2 Å². The number of benzene rings is 2. The van der Waals surface area contributed by atoms with Crippen LogP contribution >= 0.6 is 34.7 Å². The van der Waals surface area contributed by atoms with Crippen molar-refractivity contribution in [2.75, 3.05) is 10.7 Å². The number of nitrogens with zero attached hydrogens (tertiary/aromatic N) is 2. The van der Waals surface area contributed by atoms with Gasteiger partial charge in [-0.25, -0.2) is 4.99 Å². The van der Waals surface area contributed by atoms with E-state index < -0.39 is 0 Å². The van der Waals surface area contributed by atoms with E-state index in [2.05, 4.69) is 4.99 Å². The second kappa shape index (κ2) is 8.78. The molecule has 0 saturated carbocycles. The first-order chi connectivity index (χ1) is 14.1. The van der Waals surface area contributed by atoms with Crippen LogP contribution in [0.25, 0.3) is 6.08 Å². The summed E-state index contributed by atoms with van der Waals surface area (Å²) in [7, 11) is 0. The molecule has 1 aliphatic rings. The van der Waals surface area contributed by atoms with Gasteiger partial charge in [-0.3, -0.25) is 14.5 Å². The first-order valence-electron chi connectivity index (χ1n) is 8.77. The van der Waals surface area contributed by atoms with Gasteiger partial charge < -0.3 is 0 Å². The Morgan fingerprint density at radius 1 is 1.07 bits per heavy atom. The summed E-state index contributed by atoms with van der Waals surface area (Å²) in [6.45, 7) is 0. The average molecular weight is 439 g/mol. The Bertz CT molecular complexity index is 1090. The van der Waals surface area contributed by atoms with Gasteiger partial charge in [0.25, 0.3) is 5.91 Å². The van der Waals surface area contributed by atoms with Crippen molar-refractivity contribution in [2.24, 2.45) is 4.99 Å². The van der Waals surface area contributed by atoms with Gasteiger partial charge in [-0.1, -0.05) is 59.8 Å². The van der Waals surface area contributed by atoms with E-state index in [0.717, 1.165) is 5.56 Å². The molecule has 4 rings (SSSR count). The number of hydrogen-bond donors (Lipinski definition) is 0. The third kappa shape index (κ3) is 4.50. The van der Waals surface area contributed by atoms with E-state index in [0.29, 0.717) is 26.5 Å². The fraction of sp³-hybridized carbons (Fsp3) is 0.0455. The molecule has 4 nitrogen and oxygen atoms in total. The standard InChI is InChI=1S/C22H15ClN2O2S2/c23-16-10-8-15(9-11-16)13-18-21(27)25(17-5-2-1-3-6-17)22(24-18)29-14-19(26)20-7-4-12-28-20/h1-13H,14H2/b18-13+. The molecular formula is C22H15ClN2O2S2. The number of para-hydroxylation sites is 1. The van der Waals surface area contributed by atoms with Crippen LogP contribution in [0.3, 0.4) is 0 Å². The third-order valence-corrected chi connectivity index (χ3v) is 6.25. The number of thioether (sulfide) groups is 1. The second-order valence-electron chi connectivity index (χ2n) is 6.14. The van der Waals surface area contributed by atoms with Crippen molar-refractivity contribution in [1.29, 1.82) is 0 Å². The minimum Gasteiger partial charge on any atom is -0.292 e. The number of anilines is 1. The number of amides is 1. The molecule has 0 radical (unpaired) electrons. The first-order valence-corrected chi connectivity index (χ1v) is 11.0. The molecule has 7 heteroatoms. The zero-order chi connectivity index (χ0) is 20.2. The molecule has 2 heterocycles.